The van der Waals surface area contributed by atoms with E-state index in [0.717, 1.165) is 13.1 Å². The molecule has 0 aromatic carbocycles. The summed E-state index contributed by atoms with van der Waals surface area (Å²) in [7, 11) is 1.99. The Hall–Kier alpha value is -0.750. The zero-order chi connectivity index (χ0) is 12.3. The predicted octanol–water partition coefficient (Wildman–Crippen LogP) is -0.0301. The molecule has 2 N–H and O–H groups in total. The van der Waals surface area contributed by atoms with Crippen LogP contribution in [-0.4, -0.2) is 52.8 Å². The van der Waals surface area contributed by atoms with E-state index < -0.39 is 16.8 Å². The minimum Gasteiger partial charge on any atom is -0.480 e. The Balaban J connectivity index is 2.76. The van der Waals surface area contributed by atoms with E-state index in [-0.39, 0.29) is 5.91 Å². The second-order valence-corrected chi connectivity index (χ2v) is 5.27. The number of carbonyl (C=O) groups is 2. The maximum atomic E-state index is 11.1. The van der Waals surface area contributed by atoms with Crippen LogP contribution in [0.15, 0.2) is 0 Å². The first-order valence-electron chi connectivity index (χ1n) is 5.26. The molecule has 1 rings (SSSR count). The van der Waals surface area contributed by atoms with Crippen LogP contribution in [0.5, 0.6) is 0 Å². The molecule has 1 fully saturated rings. The van der Waals surface area contributed by atoms with E-state index >= 15 is 0 Å². The molecular weight excluding hydrogens is 228 g/mol. The number of thiol groups is 1. The maximum absolute atomic E-state index is 11.1. The predicted molar refractivity (Wildman–Crippen MR) is 63.7 cm³/mol. The van der Waals surface area contributed by atoms with Crippen molar-refractivity contribution >= 4 is 24.5 Å². The number of carbonyl (C=O) groups excluding carboxylic acids is 1. The van der Waals surface area contributed by atoms with Gasteiger partial charge in [0.15, 0.2) is 0 Å². The first-order chi connectivity index (χ1) is 7.35. The maximum Gasteiger partial charge on any atom is 0.327 e. The minimum absolute atomic E-state index is 0.334. The molecule has 1 amide bonds. The van der Waals surface area contributed by atoms with Crippen molar-refractivity contribution < 1.29 is 14.7 Å². The third-order valence-electron chi connectivity index (χ3n) is 2.98. The molecule has 1 atom stereocenters. The van der Waals surface area contributed by atoms with E-state index in [1.807, 2.05) is 7.05 Å². The van der Waals surface area contributed by atoms with Gasteiger partial charge in [-0.15, -0.1) is 0 Å². The molecule has 0 aliphatic carbocycles. The Kier molecular flexibility index (Phi) is 4.21. The summed E-state index contributed by atoms with van der Waals surface area (Å²) in [4.78, 5) is 24.3. The van der Waals surface area contributed by atoms with Gasteiger partial charge >= 0.3 is 5.97 Å². The fourth-order valence-electron chi connectivity index (χ4n) is 1.92. The summed E-state index contributed by atoms with van der Waals surface area (Å²) < 4.78 is -0.649. The number of carboxylic acid groups (broad SMARTS) is 1. The third kappa shape index (κ3) is 3.12. The van der Waals surface area contributed by atoms with Gasteiger partial charge in [0.05, 0.1) is 0 Å². The van der Waals surface area contributed by atoms with Crippen molar-refractivity contribution in [3.63, 3.8) is 0 Å². The van der Waals surface area contributed by atoms with Crippen LogP contribution in [0.2, 0.25) is 0 Å². The van der Waals surface area contributed by atoms with Gasteiger partial charge in [0.25, 0.3) is 0 Å². The van der Waals surface area contributed by atoms with Gasteiger partial charge < -0.3 is 15.3 Å². The monoisotopic (exact) mass is 246 g/mol. The van der Waals surface area contributed by atoms with Crippen LogP contribution in [0.3, 0.4) is 0 Å². The number of likely N-dealkylation sites (tertiary alicyclic amines) is 1. The van der Waals surface area contributed by atoms with Gasteiger partial charge in [-0.25, -0.2) is 4.79 Å². The van der Waals surface area contributed by atoms with Crippen molar-refractivity contribution in [2.75, 3.05) is 20.1 Å². The quantitative estimate of drug-likeness (QED) is 0.612. The van der Waals surface area contributed by atoms with Gasteiger partial charge in [-0.1, -0.05) is 0 Å². The van der Waals surface area contributed by atoms with Gasteiger partial charge in [0, 0.05) is 11.7 Å². The molecule has 0 aromatic heterocycles. The second-order valence-electron chi connectivity index (χ2n) is 4.38. The van der Waals surface area contributed by atoms with Crippen LogP contribution in [0.25, 0.3) is 0 Å². The Labute approximate surface area is 101 Å². The summed E-state index contributed by atoms with van der Waals surface area (Å²) in [5, 5.41) is 11.6. The molecule has 92 valence electrons. The van der Waals surface area contributed by atoms with Crippen molar-refractivity contribution in [2.45, 2.75) is 30.6 Å². The molecule has 0 radical (unpaired) electrons. The van der Waals surface area contributed by atoms with Crippen molar-refractivity contribution in [2.24, 2.45) is 0 Å². The van der Waals surface area contributed by atoms with Gasteiger partial charge in [0.2, 0.25) is 5.91 Å². The van der Waals surface area contributed by atoms with Crippen LogP contribution >= 0.6 is 12.6 Å². The highest BCUT2D eigenvalue weighted by molar-refractivity contribution is 7.82. The van der Waals surface area contributed by atoms with Crippen molar-refractivity contribution in [1.82, 2.24) is 10.2 Å². The van der Waals surface area contributed by atoms with Crippen LogP contribution < -0.4 is 5.32 Å². The summed E-state index contributed by atoms with van der Waals surface area (Å²) in [5.41, 5.74) is 0. The fourth-order valence-corrected chi connectivity index (χ4v) is 2.30. The number of nitrogens with one attached hydrogen (secondary N) is 1. The number of amides is 1. The lowest BCUT2D eigenvalue weighted by atomic mass is 9.88. The smallest absolute Gasteiger partial charge is 0.327 e. The Morgan fingerprint density at radius 3 is 2.31 bits per heavy atom. The van der Waals surface area contributed by atoms with Crippen LogP contribution in [0.4, 0.5) is 0 Å². The fraction of sp³-hybridized carbons (Fsp3) is 0.800. The van der Waals surface area contributed by atoms with Gasteiger partial charge in [-0.2, -0.15) is 12.6 Å². The number of hydrogen-bond acceptors (Lipinski definition) is 4. The van der Waals surface area contributed by atoms with E-state index in [4.69, 9.17) is 5.11 Å². The van der Waals surface area contributed by atoms with Crippen molar-refractivity contribution in [1.29, 1.82) is 0 Å². The summed E-state index contributed by atoms with van der Waals surface area (Å²) in [6.45, 7) is 2.92. The molecular formula is C10H18N2O3S. The van der Waals surface area contributed by atoms with E-state index in [9.17, 15) is 9.59 Å². The third-order valence-corrected chi connectivity index (χ3v) is 3.69. The molecule has 1 aliphatic rings. The van der Waals surface area contributed by atoms with E-state index in [0.29, 0.717) is 12.8 Å². The molecule has 1 aliphatic heterocycles. The Bertz CT molecular complexity index is 288. The van der Waals surface area contributed by atoms with Crippen molar-refractivity contribution in [3.05, 3.63) is 0 Å². The number of aliphatic carboxylic acids is 1. The highest BCUT2D eigenvalue weighted by atomic mass is 32.1. The van der Waals surface area contributed by atoms with Crippen LogP contribution in [-0.2, 0) is 9.59 Å². The van der Waals surface area contributed by atoms with Gasteiger partial charge in [0.1, 0.15) is 6.04 Å². The molecule has 1 heterocycles. The number of carboxylic acids is 1. The van der Waals surface area contributed by atoms with Gasteiger partial charge in [-0.05, 0) is 33.0 Å². The second kappa shape index (κ2) is 5.05. The van der Waals surface area contributed by atoms with Crippen LogP contribution in [0.1, 0.15) is 19.8 Å². The normalized spacial score (nSPS) is 22.4. The average molecular weight is 246 g/mol. The van der Waals surface area contributed by atoms with Crippen LogP contribution in [0, 0.1) is 0 Å². The zero-order valence-electron chi connectivity index (χ0n) is 9.56. The Morgan fingerprint density at radius 2 is 1.94 bits per heavy atom. The molecule has 0 unspecified atom stereocenters. The summed E-state index contributed by atoms with van der Waals surface area (Å²) in [6.07, 6.45) is 1.31. The number of rotatable bonds is 3. The van der Waals surface area contributed by atoms with E-state index in [1.54, 1.807) is 0 Å². The summed E-state index contributed by atoms with van der Waals surface area (Å²) in [6, 6.07) is -0.915. The molecule has 5 nitrogen and oxygen atoms in total. The van der Waals surface area contributed by atoms with Gasteiger partial charge in [-0.3, -0.25) is 4.79 Å². The van der Waals surface area contributed by atoms with Crippen molar-refractivity contribution in [3.8, 4) is 0 Å². The molecule has 0 saturated carbocycles. The highest BCUT2D eigenvalue weighted by Crippen LogP contribution is 2.32. The SMILES string of the molecule is CC(=O)N[C@H](C(=O)O)C1(S)CCN(C)CC1. The average Bonchev–Trinajstić information content (AvgIpc) is 2.19. The van der Waals surface area contributed by atoms with E-state index in [1.165, 1.54) is 6.92 Å². The standard InChI is InChI=1S/C10H18N2O3S/c1-7(13)11-8(9(14)15)10(16)3-5-12(2)6-4-10/h8,16H,3-6H2,1-2H3,(H,11,13)(H,14,15)/t8-/m1/s1. The summed E-state index contributed by atoms with van der Waals surface area (Å²) >= 11 is 4.48. The largest absolute Gasteiger partial charge is 0.480 e. The molecule has 6 heteroatoms. The number of piperidine rings is 1. The molecule has 0 bridgehead atoms. The number of nitrogens with zero attached hydrogens (tertiary/aromatic N) is 1. The first kappa shape index (κ1) is 13.3. The first-order valence-corrected chi connectivity index (χ1v) is 5.71. The number of hydrogen-bond donors (Lipinski definition) is 3. The molecule has 1 saturated heterocycles. The minimum atomic E-state index is -1.02. The zero-order valence-corrected chi connectivity index (χ0v) is 10.5. The molecule has 0 aromatic rings. The lowest BCUT2D eigenvalue weighted by molar-refractivity contribution is -0.143. The Morgan fingerprint density at radius 1 is 1.44 bits per heavy atom. The lowest BCUT2D eigenvalue weighted by Crippen LogP contribution is -2.57. The van der Waals surface area contributed by atoms with E-state index in [2.05, 4.69) is 22.8 Å². The topological polar surface area (TPSA) is 69.6 Å². The molecule has 16 heavy (non-hydrogen) atoms. The highest BCUT2D eigenvalue weighted by Gasteiger charge is 2.42. The molecule has 0 spiro atoms. The lowest BCUT2D eigenvalue weighted by Gasteiger charge is -2.40. The summed E-state index contributed by atoms with van der Waals surface area (Å²) in [5.74, 6) is -1.35.